The molecular formula is C4H7O4P. The predicted molar refractivity (Wildman–Crippen MR) is 30.4 cm³/mol. The maximum absolute atomic E-state index is 10.0. The molecule has 0 aromatic heterocycles. The number of aliphatic carboxylic acids is 1. The molecule has 0 amide bonds. The lowest BCUT2D eigenvalue weighted by atomic mass is 10.2. The number of carboxylic acids is 1. The molecule has 1 atom stereocenters. The first kappa shape index (κ1) is 8.53. The molecule has 0 heterocycles. The minimum atomic E-state index is -0.946. The van der Waals surface area contributed by atoms with E-state index in [1.807, 2.05) is 0 Å². The zero-order chi connectivity index (χ0) is 7.28. The highest BCUT2D eigenvalue weighted by atomic mass is 31.1. The molecule has 52 valence electrons. The summed E-state index contributed by atoms with van der Waals surface area (Å²) in [4.78, 5) is 10.0. The third-order valence-electron chi connectivity index (χ3n) is 0.799. The lowest BCUT2D eigenvalue weighted by Crippen LogP contribution is -2.13. The fraction of sp³-hybridized carbons (Fsp3) is 0.750. The molecule has 1 N–H and O–H groups in total. The molecule has 0 spiro atoms. The van der Waals surface area contributed by atoms with Crippen molar-refractivity contribution in [1.29, 1.82) is 0 Å². The molecule has 0 bridgehead atoms. The molecule has 0 aromatic carbocycles. The number of rotatable bonds is 4. The van der Waals surface area contributed by atoms with Crippen molar-refractivity contribution in [3.8, 4) is 0 Å². The van der Waals surface area contributed by atoms with Gasteiger partial charge in [0.15, 0.2) is 0 Å². The van der Waals surface area contributed by atoms with Gasteiger partial charge in [0.2, 0.25) is 0 Å². The van der Waals surface area contributed by atoms with Gasteiger partial charge in [0, 0.05) is 0 Å². The molecule has 0 aliphatic heterocycles. The Bertz CT molecular complexity index is 113. The second-order valence-corrected chi connectivity index (χ2v) is 2.02. The van der Waals surface area contributed by atoms with Crippen LogP contribution in [0, 0.1) is 5.92 Å². The van der Waals surface area contributed by atoms with E-state index in [4.69, 9.17) is 5.11 Å². The van der Waals surface area contributed by atoms with Gasteiger partial charge in [0.1, 0.15) is 0 Å². The summed E-state index contributed by atoms with van der Waals surface area (Å²) < 4.78 is 13.9. The normalized spacial score (nSPS) is 13.4. The highest BCUT2D eigenvalue weighted by Crippen LogP contribution is 2.01. The SMILES string of the molecule is CC(COP=O)C(=O)O. The lowest BCUT2D eigenvalue weighted by molar-refractivity contribution is -0.141. The molecule has 0 saturated heterocycles. The van der Waals surface area contributed by atoms with Crippen LogP contribution in [-0.4, -0.2) is 17.7 Å². The van der Waals surface area contributed by atoms with Gasteiger partial charge in [0.25, 0.3) is 0 Å². The van der Waals surface area contributed by atoms with Gasteiger partial charge in [-0.3, -0.25) is 9.32 Å². The first-order valence-electron chi connectivity index (χ1n) is 2.36. The van der Waals surface area contributed by atoms with Gasteiger partial charge in [-0.25, -0.2) is 4.57 Å². The van der Waals surface area contributed by atoms with E-state index in [2.05, 4.69) is 4.52 Å². The Hall–Kier alpha value is -0.470. The van der Waals surface area contributed by atoms with E-state index in [9.17, 15) is 9.36 Å². The van der Waals surface area contributed by atoms with Crippen molar-refractivity contribution < 1.29 is 19.0 Å². The van der Waals surface area contributed by atoms with Crippen molar-refractivity contribution in [1.82, 2.24) is 0 Å². The van der Waals surface area contributed by atoms with E-state index >= 15 is 0 Å². The van der Waals surface area contributed by atoms with Crippen molar-refractivity contribution in [2.24, 2.45) is 5.92 Å². The van der Waals surface area contributed by atoms with Gasteiger partial charge >= 0.3 is 14.7 Å². The Morgan fingerprint density at radius 2 is 2.44 bits per heavy atom. The summed E-state index contributed by atoms with van der Waals surface area (Å²) >= 11 is 0. The van der Waals surface area contributed by atoms with Crippen molar-refractivity contribution in [3.05, 3.63) is 0 Å². The van der Waals surface area contributed by atoms with Crippen molar-refractivity contribution in [2.45, 2.75) is 6.92 Å². The third kappa shape index (κ3) is 4.06. The van der Waals surface area contributed by atoms with Crippen molar-refractivity contribution in [3.63, 3.8) is 0 Å². The molecule has 0 fully saturated rings. The molecule has 4 nitrogen and oxygen atoms in total. The van der Waals surface area contributed by atoms with Crippen LogP contribution >= 0.6 is 8.69 Å². The molecule has 0 aromatic rings. The summed E-state index contributed by atoms with van der Waals surface area (Å²) in [6, 6.07) is 0. The Balaban J connectivity index is 3.37. The van der Waals surface area contributed by atoms with Crippen LogP contribution in [0.4, 0.5) is 0 Å². The second-order valence-electron chi connectivity index (χ2n) is 1.61. The maximum Gasteiger partial charge on any atom is 0.327 e. The summed E-state index contributed by atoms with van der Waals surface area (Å²) in [7, 11) is -0.468. The van der Waals surface area contributed by atoms with Crippen LogP contribution in [0.15, 0.2) is 0 Å². The van der Waals surface area contributed by atoms with Gasteiger partial charge in [-0.15, -0.1) is 0 Å². The number of carbonyl (C=O) groups is 1. The topological polar surface area (TPSA) is 63.6 Å². The molecule has 5 heteroatoms. The number of hydrogen-bond donors (Lipinski definition) is 1. The Morgan fingerprint density at radius 1 is 1.89 bits per heavy atom. The fourth-order valence-corrected chi connectivity index (χ4v) is 0.498. The molecular weight excluding hydrogens is 143 g/mol. The van der Waals surface area contributed by atoms with Crippen LogP contribution in [0.25, 0.3) is 0 Å². The number of hydrogen-bond acceptors (Lipinski definition) is 3. The van der Waals surface area contributed by atoms with E-state index in [1.165, 1.54) is 6.92 Å². The van der Waals surface area contributed by atoms with Gasteiger partial charge in [-0.05, 0) is 6.92 Å². The summed E-state index contributed by atoms with van der Waals surface area (Å²) in [6.45, 7) is 1.47. The van der Waals surface area contributed by atoms with Gasteiger partial charge in [0.05, 0.1) is 12.5 Å². The van der Waals surface area contributed by atoms with E-state index < -0.39 is 20.6 Å². The first-order valence-corrected chi connectivity index (χ1v) is 3.09. The highest BCUT2D eigenvalue weighted by molar-refractivity contribution is 7.17. The standard InChI is InChI=1S/C4H7O4P/c1-3(4(5)6)2-8-9-7/h3H,2H2,1H3,(H,5,6). The monoisotopic (exact) mass is 150 g/mol. The zero-order valence-electron chi connectivity index (χ0n) is 4.90. The van der Waals surface area contributed by atoms with Gasteiger partial charge in [-0.2, -0.15) is 0 Å². The summed E-state index contributed by atoms with van der Waals surface area (Å²) in [5.41, 5.74) is 0. The number of carboxylic acid groups (broad SMARTS) is 1. The van der Waals surface area contributed by atoms with Crippen LogP contribution in [-0.2, 0) is 13.9 Å². The van der Waals surface area contributed by atoms with Gasteiger partial charge in [-0.1, -0.05) is 0 Å². The minimum absolute atomic E-state index is 0.0135. The summed E-state index contributed by atoms with van der Waals surface area (Å²) in [6.07, 6.45) is 0. The lowest BCUT2D eigenvalue weighted by Gasteiger charge is -1.99. The second kappa shape index (κ2) is 4.41. The highest BCUT2D eigenvalue weighted by Gasteiger charge is 2.09. The summed E-state index contributed by atoms with van der Waals surface area (Å²) in [5.74, 6) is -1.54. The Morgan fingerprint density at radius 3 is 2.78 bits per heavy atom. The summed E-state index contributed by atoms with van der Waals surface area (Å²) in [5, 5.41) is 8.22. The predicted octanol–water partition coefficient (Wildman–Crippen LogP) is 0.930. The van der Waals surface area contributed by atoms with Crippen LogP contribution in [0.3, 0.4) is 0 Å². The van der Waals surface area contributed by atoms with E-state index in [-0.39, 0.29) is 6.61 Å². The minimum Gasteiger partial charge on any atom is -0.481 e. The van der Waals surface area contributed by atoms with E-state index in [1.54, 1.807) is 0 Å². The van der Waals surface area contributed by atoms with Crippen LogP contribution in [0.5, 0.6) is 0 Å². The molecule has 0 saturated carbocycles. The molecule has 0 aliphatic rings. The molecule has 0 rings (SSSR count). The van der Waals surface area contributed by atoms with Gasteiger partial charge < -0.3 is 5.11 Å². The quantitative estimate of drug-likeness (QED) is 0.605. The third-order valence-corrected chi connectivity index (χ3v) is 1.05. The molecule has 0 radical (unpaired) electrons. The van der Waals surface area contributed by atoms with E-state index in [0.717, 1.165) is 0 Å². The Labute approximate surface area is 54.1 Å². The van der Waals surface area contributed by atoms with Crippen LogP contribution in [0.1, 0.15) is 6.92 Å². The Kier molecular flexibility index (Phi) is 4.18. The van der Waals surface area contributed by atoms with Crippen molar-refractivity contribution >= 4 is 14.7 Å². The maximum atomic E-state index is 10.0. The molecule has 9 heavy (non-hydrogen) atoms. The largest absolute Gasteiger partial charge is 0.481 e. The molecule has 1 unspecified atom stereocenters. The average molecular weight is 150 g/mol. The van der Waals surface area contributed by atoms with E-state index in [0.29, 0.717) is 0 Å². The zero-order valence-corrected chi connectivity index (χ0v) is 5.80. The molecule has 0 aliphatic carbocycles. The fourth-order valence-electron chi connectivity index (χ4n) is 0.214. The average Bonchev–Trinajstić information content (AvgIpc) is 1.82. The smallest absolute Gasteiger partial charge is 0.327 e. The van der Waals surface area contributed by atoms with Crippen molar-refractivity contribution in [2.75, 3.05) is 6.61 Å². The first-order chi connectivity index (χ1) is 4.18. The van der Waals surface area contributed by atoms with Crippen LogP contribution in [0.2, 0.25) is 0 Å². The van der Waals surface area contributed by atoms with Crippen LogP contribution < -0.4 is 0 Å².